The maximum Gasteiger partial charge on any atom is 0.251 e. The van der Waals surface area contributed by atoms with Gasteiger partial charge in [-0.2, -0.15) is 5.26 Å². The number of nitriles is 1. The van der Waals surface area contributed by atoms with Crippen LogP contribution in [-0.2, 0) is 16.1 Å². The summed E-state index contributed by atoms with van der Waals surface area (Å²) in [6.45, 7) is 2.40. The lowest BCUT2D eigenvalue weighted by molar-refractivity contribution is -0.135. The summed E-state index contributed by atoms with van der Waals surface area (Å²) in [6, 6.07) is 9.95. The van der Waals surface area contributed by atoms with E-state index in [2.05, 4.69) is 15.8 Å². The van der Waals surface area contributed by atoms with E-state index in [1.165, 1.54) is 0 Å². The van der Waals surface area contributed by atoms with Crippen molar-refractivity contribution in [3.05, 3.63) is 52.9 Å². The highest BCUT2D eigenvalue weighted by Gasteiger charge is 2.28. The van der Waals surface area contributed by atoms with Crippen LogP contribution in [0.5, 0.6) is 0 Å². The number of aromatic nitrogens is 1. The highest BCUT2D eigenvalue weighted by atomic mass is 16.5. The minimum absolute atomic E-state index is 0.121. The first-order valence-electron chi connectivity index (χ1n) is 10.6. The monoisotopic (exact) mass is 437 g/mol. The lowest BCUT2D eigenvalue weighted by Gasteiger charge is -2.24. The molecule has 1 aliphatic heterocycles. The fourth-order valence-corrected chi connectivity index (χ4v) is 3.73. The van der Waals surface area contributed by atoms with Gasteiger partial charge in [-0.25, -0.2) is 0 Å². The van der Waals surface area contributed by atoms with Gasteiger partial charge < -0.3 is 20.1 Å². The molecule has 2 heterocycles. The number of rotatable bonds is 5. The van der Waals surface area contributed by atoms with Gasteiger partial charge in [-0.15, -0.1) is 0 Å². The largest absolute Gasteiger partial charge is 0.361 e. The van der Waals surface area contributed by atoms with E-state index in [1.807, 2.05) is 6.07 Å². The van der Waals surface area contributed by atoms with Crippen molar-refractivity contribution in [3.8, 4) is 6.07 Å². The second kappa shape index (κ2) is 10.6. The molecular formula is C23H27N5O4. The fraction of sp³-hybridized carbons (Fsp3) is 0.435. The van der Waals surface area contributed by atoms with Gasteiger partial charge in [0.1, 0.15) is 11.5 Å². The lowest BCUT2D eigenvalue weighted by atomic mass is 9.96. The molecular weight excluding hydrogens is 410 g/mol. The number of benzene rings is 1. The Kier molecular flexibility index (Phi) is 7.60. The van der Waals surface area contributed by atoms with Crippen molar-refractivity contribution in [1.82, 2.24) is 20.7 Å². The van der Waals surface area contributed by atoms with Crippen molar-refractivity contribution >= 4 is 17.7 Å². The Morgan fingerprint density at radius 3 is 2.69 bits per heavy atom. The number of aryl methyl sites for hydroxylation is 1. The first kappa shape index (κ1) is 23.0. The molecule has 1 aromatic carbocycles. The Morgan fingerprint density at radius 1 is 1.28 bits per heavy atom. The average molecular weight is 438 g/mol. The second-order valence-electron chi connectivity index (χ2n) is 8.11. The van der Waals surface area contributed by atoms with Crippen LogP contribution >= 0.6 is 0 Å². The van der Waals surface area contributed by atoms with E-state index in [9.17, 15) is 14.4 Å². The molecule has 2 aromatic rings. The molecule has 0 spiro atoms. The molecule has 168 valence electrons. The number of amides is 3. The summed E-state index contributed by atoms with van der Waals surface area (Å²) in [5.41, 5.74) is 1.57. The molecule has 1 aliphatic rings. The highest BCUT2D eigenvalue weighted by Crippen LogP contribution is 2.19. The van der Waals surface area contributed by atoms with Crippen LogP contribution < -0.4 is 10.6 Å². The zero-order valence-corrected chi connectivity index (χ0v) is 18.3. The predicted molar refractivity (Wildman–Crippen MR) is 115 cm³/mol. The SMILES string of the molecule is Cc1cc(CNC(=O)[C@@H]2CCC[C@@H](NC(=O)c3ccc(C#N)cc3)CN(C)C(=O)C2)no1. The predicted octanol–water partition coefficient (Wildman–Crippen LogP) is 1.92. The number of carbonyl (C=O) groups excluding carboxylic acids is 3. The Labute approximate surface area is 186 Å². The number of hydrogen-bond acceptors (Lipinski definition) is 6. The summed E-state index contributed by atoms with van der Waals surface area (Å²) in [5, 5.41) is 18.6. The van der Waals surface area contributed by atoms with Gasteiger partial charge >= 0.3 is 0 Å². The molecule has 2 atom stereocenters. The summed E-state index contributed by atoms with van der Waals surface area (Å²) < 4.78 is 5.00. The van der Waals surface area contributed by atoms with Gasteiger partial charge in [-0.3, -0.25) is 14.4 Å². The number of hydrogen-bond donors (Lipinski definition) is 2. The summed E-state index contributed by atoms with van der Waals surface area (Å²) >= 11 is 0. The fourth-order valence-electron chi connectivity index (χ4n) is 3.73. The maximum atomic E-state index is 12.7. The van der Waals surface area contributed by atoms with Gasteiger partial charge in [0.05, 0.1) is 18.2 Å². The third kappa shape index (κ3) is 6.17. The summed E-state index contributed by atoms with van der Waals surface area (Å²) in [5.74, 6) is -0.347. The van der Waals surface area contributed by atoms with Crippen molar-refractivity contribution in [2.24, 2.45) is 5.92 Å². The van der Waals surface area contributed by atoms with E-state index < -0.39 is 5.92 Å². The van der Waals surface area contributed by atoms with Crippen LogP contribution in [0.3, 0.4) is 0 Å². The van der Waals surface area contributed by atoms with Crippen LogP contribution in [0.25, 0.3) is 0 Å². The molecule has 0 radical (unpaired) electrons. The second-order valence-corrected chi connectivity index (χ2v) is 8.11. The molecule has 0 unspecified atom stereocenters. The van der Waals surface area contributed by atoms with Crippen molar-refractivity contribution in [2.75, 3.05) is 13.6 Å². The smallest absolute Gasteiger partial charge is 0.251 e. The molecule has 9 heteroatoms. The highest BCUT2D eigenvalue weighted by molar-refractivity contribution is 5.94. The van der Waals surface area contributed by atoms with Gasteiger partial charge in [0.25, 0.3) is 5.91 Å². The van der Waals surface area contributed by atoms with Crippen molar-refractivity contribution < 1.29 is 18.9 Å². The normalized spacial score (nSPS) is 19.3. The zero-order valence-electron chi connectivity index (χ0n) is 18.3. The third-order valence-corrected chi connectivity index (χ3v) is 5.55. The van der Waals surface area contributed by atoms with Crippen molar-refractivity contribution in [1.29, 1.82) is 5.26 Å². The van der Waals surface area contributed by atoms with Gasteiger partial charge in [-0.1, -0.05) is 11.6 Å². The number of nitrogens with one attached hydrogen (secondary N) is 2. The first-order valence-corrected chi connectivity index (χ1v) is 10.6. The van der Waals surface area contributed by atoms with Gasteiger partial charge in [-0.05, 0) is 44.0 Å². The molecule has 32 heavy (non-hydrogen) atoms. The number of nitrogens with zero attached hydrogens (tertiary/aromatic N) is 3. The Hall–Kier alpha value is -3.67. The van der Waals surface area contributed by atoms with Crippen LogP contribution in [0.2, 0.25) is 0 Å². The van der Waals surface area contributed by atoms with Crippen LogP contribution in [0, 0.1) is 24.2 Å². The Morgan fingerprint density at radius 2 is 2.03 bits per heavy atom. The minimum Gasteiger partial charge on any atom is -0.361 e. The van der Waals surface area contributed by atoms with E-state index >= 15 is 0 Å². The van der Waals surface area contributed by atoms with Crippen molar-refractivity contribution in [2.45, 2.75) is 45.2 Å². The summed E-state index contributed by atoms with van der Waals surface area (Å²) in [7, 11) is 1.68. The van der Waals surface area contributed by atoms with Crippen LogP contribution in [0.1, 0.15) is 53.1 Å². The van der Waals surface area contributed by atoms with Crippen molar-refractivity contribution in [3.63, 3.8) is 0 Å². The van der Waals surface area contributed by atoms with Gasteiger partial charge in [0, 0.05) is 43.6 Å². The topological polar surface area (TPSA) is 128 Å². The van der Waals surface area contributed by atoms with E-state index in [-0.39, 0.29) is 36.7 Å². The van der Waals surface area contributed by atoms with E-state index in [1.54, 1.807) is 49.2 Å². The quantitative estimate of drug-likeness (QED) is 0.735. The van der Waals surface area contributed by atoms with Crippen LogP contribution in [0.4, 0.5) is 0 Å². The Balaban J connectivity index is 1.58. The minimum atomic E-state index is -0.439. The molecule has 1 aromatic heterocycles. The maximum absolute atomic E-state index is 12.7. The standard InChI is InChI=1S/C23H27N5O4/c1-15-10-20(27-32-15)13-25-22(30)18-4-3-5-19(14-28(2)21(29)11-18)26-23(31)17-8-6-16(12-24)7-9-17/h6-10,18-19H,3-5,11,13-14H2,1-2H3,(H,25,30)(H,26,31)/t18-,19-/m1/s1. The van der Waals surface area contributed by atoms with Gasteiger partial charge in [0.2, 0.25) is 11.8 Å². The first-order chi connectivity index (χ1) is 15.4. The Bertz CT molecular complexity index is 1010. The number of carbonyl (C=O) groups is 3. The molecule has 1 saturated heterocycles. The molecule has 0 saturated carbocycles. The van der Waals surface area contributed by atoms with E-state index in [0.29, 0.717) is 48.4 Å². The van der Waals surface area contributed by atoms with E-state index in [4.69, 9.17) is 9.78 Å². The molecule has 0 aliphatic carbocycles. The van der Waals surface area contributed by atoms with E-state index in [0.717, 1.165) is 0 Å². The summed E-state index contributed by atoms with van der Waals surface area (Å²) in [6.07, 6.45) is 2.01. The molecule has 9 nitrogen and oxygen atoms in total. The molecule has 3 rings (SSSR count). The number of likely N-dealkylation sites (N-methyl/N-ethyl adjacent to an activating group) is 1. The molecule has 2 N–H and O–H groups in total. The molecule has 3 amide bonds. The lowest BCUT2D eigenvalue weighted by Crippen LogP contribution is -2.44. The van der Waals surface area contributed by atoms with Crippen LogP contribution in [0.15, 0.2) is 34.9 Å². The molecule has 0 bridgehead atoms. The zero-order chi connectivity index (χ0) is 23.1. The van der Waals surface area contributed by atoms with Gasteiger partial charge in [0.15, 0.2) is 0 Å². The van der Waals surface area contributed by atoms with Crippen LogP contribution in [-0.4, -0.2) is 47.4 Å². The third-order valence-electron chi connectivity index (χ3n) is 5.55. The average Bonchev–Trinajstić information content (AvgIpc) is 3.22. The molecule has 1 fully saturated rings. The summed E-state index contributed by atoms with van der Waals surface area (Å²) in [4.78, 5) is 39.5.